The van der Waals surface area contributed by atoms with Gasteiger partial charge in [-0.2, -0.15) is 4.31 Å². The second-order valence-corrected chi connectivity index (χ2v) is 9.61. The van der Waals surface area contributed by atoms with Crippen molar-refractivity contribution < 1.29 is 27.5 Å². The van der Waals surface area contributed by atoms with Crippen molar-refractivity contribution in [3.63, 3.8) is 0 Å². The summed E-state index contributed by atoms with van der Waals surface area (Å²) in [5, 5.41) is 9.84. The van der Waals surface area contributed by atoms with Crippen LogP contribution in [0.5, 0.6) is 5.95 Å². The van der Waals surface area contributed by atoms with E-state index in [1.54, 1.807) is 30.3 Å². The second-order valence-electron chi connectivity index (χ2n) is 6.92. The number of sulfonamides is 1. The lowest BCUT2D eigenvalue weighted by atomic mass is 10.2. The van der Waals surface area contributed by atoms with Crippen LogP contribution < -0.4 is 9.64 Å². The first-order valence-electron chi connectivity index (χ1n) is 9.40. The summed E-state index contributed by atoms with van der Waals surface area (Å²) < 4.78 is 37.4. The molecule has 2 heterocycles. The molecule has 31 heavy (non-hydrogen) atoms. The molecule has 1 N–H and O–H groups in total. The SMILES string of the molecule is O=C(O)Oc1cc2c(Cl)c(N3CCCN(S(=O)(=O)c4ccccc4Cl)CC3)ccc2o1. The lowest BCUT2D eigenvalue weighted by Gasteiger charge is -2.24. The summed E-state index contributed by atoms with van der Waals surface area (Å²) in [5.74, 6) is -0.172. The maximum absolute atomic E-state index is 13.1. The Balaban J connectivity index is 1.57. The van der Waals surface area contributed by atoms with Crippen LogP contribution in [-0.4, -0.2) is 50.2 Å². The van der Waals surface area contributed by atoms with E-state index in [1.165, 1.54) is 16.4 Å². The van der Waals surface area contributed by atoms with Gasteiger partial charge in [-0.15, -0.1) is 0 Å². The van der Waals surface area contributed by atoms with Gasteiger partial charge in [-0.25, -0.2) is 13.2 Å². The van der Waals surface area contributed by atoms with Crippen molar-refractivity contribution in [3.8, 4) is 5.95 Å². The van der Waals surface area contributed by atoms with Crippen molar-refractivity contribution in [3.05, 3.63) is 52.5 Å². The summed E-state index contributed by atoms with van der Waals surface area (Å²) in [5.41, 5.74) is 1.09. The Hall–Kier alpha value is -2.46. The van der Waals surface area contributed by atoms with Gasteiger partial charge in [0.05, 0.1) is 15.7 Å². The van der Waals surface area contributed by atoms with Crippen LogP contribution >= 0.6 is 23.2 Å². The van der Waals surface area contributed by atoms with Gasteiger partial charge in [0.15, 0.2) is 0 Å². The number of nitrogens with zero attached hydrogens (tertiary/aromatic N) is 2. The van der Waals surface area contributed by atoms with Crippen molar-refractivity contribution in [2.24, 2.45) is 0 Å². The summed E-state index contributed by atoms with van der Waals surface area (Å²) in [4.78, 5) is 12.8. The van der Waals surface area contributed by atoms with Crippen molar-refractivity contribution >= 4 is 56.0 Å². The van der Waals surface area contributed by atoms with Gasteiger partial charge in [0.2, 0.25) is 10.0 Å². The molecule has 2 aromatic carbocycles. The minimum atomic E-state index is -3.72. The highest BCUT2D eigenvalue weighted by Crippen LogP contribution is 2.38. The Labute approximate surface area is 188 Å². The zero-order valence-corrected chi connectivity index (χ0v) is 18.5. The zero-order chi connectivity index (χ0) is 22.2. The standard InChI is InChI=1S/C20H18Cl2N2O6S/c21-14-4-1-2-5-17(14)31(27,28)24-9-3-8-23(10-11-24)15-6-7-16-13(19(15)22)12-18(29-16)30-20(25)26/h1-2,4-7,12H,3,8-11H2,(H,25,26). The molecule has 1 aliphatic rings. The van der Waals surface area contributed by atoms with E-state index in [0.29, 0.717) is 47.7 Å². The van der Waals surface area contributed by atoms with Gasteiger partial charge < -0.3 is 19.2 Å². The largest absolute Gasteiger partial charge is 0.513 e. The van der Waals surface area contributed by atoms with E-state index in [-0.39, 0.29) is 22.4 Å². The number of carboxylic acid groups (broad SMARTS) is 1. The van der Waals surface area contributed by atoms with E-state index in [9.17, 15) is 13.2 Å². The Morgan fingerprint density at radius 2 is 1.84 bits per heavy atom. The third kappa shape index (κ3) is 4.31. The van der Waals surface area contributed by atoms with E-state index in [4.69, 9.17) is 32.7 Å². The molecular weight excluding hydrogens is 467 g/mol. The minimum Gasteiger partial charge on any atom is -0.449 e. The van der Waals surface area contributed by atoms with Crippen LogP contribution in [0.3, 0.4) is 0 Å². The summed E-state index contributed by atoms with van der Waals surface area (Å²) in [6.45, 7) is 1.63. The van der Waals surface area contributed by atoms with E-state index in [0.717, 1.165) is 0 Å². The van der Waals surface area contributed by atoms with Crippen molar-refractivity contribution in [2.75, 3.05) is 31.1 Å². The third-order valence-electron chi connectivity index (χ3n) is 5.03. The fraction of sp³-hybridized carbons (Fsp3) is 0.250. The predicted octanol–water partition coefficient (Wildman–Crippen LogP) is 4.70. The number of carbonyl (C=O) groups is 1. The number of fused-ring (bicyclic) bond motifs is 1. The van der Waals surface area contributed by atoms with E-state index in [1.807, 2.05) is 4.90 Å². The normalized spacial score (nSPS) is 15.7. The van der Waals surface area contributed by atoms with Gasteiger partial charge in [0.1, 0.15) is 10.5 Å². The number of rotatable bonds is 4. The summed E-state index contributed by atoms with van der Waals surface area (Å²) >= 11 is 12.7. The lowest BCUT2D eigenvalue weighted by Crippen LogP contribution is -2.35. The van der Waals surface area contributed by atoms with Gasteiger partial charge in [0.25, 0.3) is 5.95 Å². The molecule has 8 nitrogen and oxygen atoms in total. The topological polar surface area (TPSA) is 100 Å². The Morgan fingerprint density at radius 1 is 1.06 bits per heavy atom. The molecule has 3 aromatic rings. The maximum atomic E-state index is 13.1. The first kappa shape index (κ1) is 21.8. The fourth-order valence-electron chi connectivity index (χ4n) is 3.59. The molecule has 1 fully saturated rings. The van der Waals surface area contributed by atoms with Gasteiger partial charge >= 0.3 is 6.16 Å². The molecule has 1 aliphatic heterocycles. The van der Waals surface area contributed by atoms with E-state index >= 15 is 0 Å². The average molecular weight is 485 g/mol. The molecule has 0 aliphatic carbocycles. The molecular formula is C20H18Cl2N2O6S. The van der Waals surface area contributed by atoms with Gasteiger partial charge in [-0.1, -0.05) is 35.3 Å². The zero-order valence-electron chi connectivity index (χ0n) is 16.1. The predicted molar refractivity (Wildman–Crippen MR) is 117 cm³/mol. The molecule has 1 saturated heterocycles. The van der Waals surface area contributed by atoms with Gasteiger partial charge in [-0.05, 0) is 30.7 Å². The fourth-order valence-corrected chi connectivity index (χ4v) is 5.88. The number of anilines is 1. The molecule has 1 aromatic heterocycles. The van der Waals surface area contributed by atoms with Crippen LogP contribution in [0.15, 0.2) is 51.8 Å². The highest BCUT2D eigenvalue weighted by atomic mass is 35.5. The van der Waals surface area contributed by atoms with Crippen LogP contribution in [0.4, 0.5) is 10.5 Å². The second kappa shape index (κ2) is 8.58. The van der Waals surface area contributed by atoms with Crippen LogP contribution in [0.25, 0.3) is 11.0 Å². The number of ether oxygens (including phenoxy) is 1. The lowest BCUT2D eigenvalue weighted by molar-refractivity contribution is 0.134. The van der Waals surface area contributed by atoms with Gasteiger partial charge in [-0.3, -0.25) is 0 Å². The third-order valence-corrected chi connectivity index (χ3v) is 7.83. The number of halogens is 2. The maximum Gasteiger partial charge on any atom is 0.513 e. The molecule has 0 unspecified atom stereocenters. The molecule has 0 spiro atoms. The highest BCUT2D eigenvalue weighted by Gasteiger charge is 2.29. The van der Waals surface area contributed by atoms with Crippen molar-refractivity contribution in [2.45, 2.75) is 11.3 Å². The summed E-state index contributed by atoms with van der Waals surface area (Å²) in [7, 11) is -3.72. The molecule has 164 valence electrons. The van der Waals surface area contributed by atoms with E-state index in [2.05, 4.69) is 4.74 Å². The summed E-state index contributed by atoms with van der Waals surface area (Å²) in [6, 6.07) is 11.2. The van der Waals surface area contributed by atoms with Crippen molar-refractivity contribution in [1.29, 1.82) is 0 Å². The van der Waals surface area contributed by atoms with E-state index < -0.39 is 16.2 Å². The van der Waals surface area contributed by atoms with Crippen molar-refractivity contribution in [1.82, 2.24) is 4.31 Å². The smallest absolute Gasteiger partial charge is 0.449 e. The van der Waals surface area contributed by atoms with Crippen LogP contribution in [-0.2, 0) is 10.0 Å². The highest BCUT2D eigenvalue weighted by molar-refractivity contribution is 7.89. The number of hydrogen-bond acceptors (Lipinski definition) is 6. The van der Waals surface area contributed by atoms with Crippen LogP contribution in [0.1, 0.15) is 6.42 Å². The molecule has 0 amide bonds. The molecule has 0 saturated carbocycles. The molecule has 11 heteroatoms. The number of benzene rings is 2. The quantitative estimate of drug-likeness (QED) is 0.535. The molecule has 0 atom stereocenters. The average Bonchev–Trinajstić information content (AvgIpc) is 2.95. The number of furan rings is 1. The Bertz CT molecular complexity index is 1240. The summed E-state index contributed by atoms with van der Waals surface area (Å²) in [6.07, 6.45) is -0.890. The monoisotopic (exact) mass is 484 g/mol. The van der Waals surface area contributed by atoms with Crippen LogP contribution in [0.2, 0.25) is 10.0 Å². The molecule has 0 bridgehead atoms. The minimum absolute atomic E-state index is 0.0916. The molecule has 0 radical (unpaired) electrons. The first-order chi connectivity index (χ1) is 14.8. The Morgan fingerprint density at radius 3 is 2.58 bits per heavy atom. The van der Waals surface area contributed by atoms with Crippen LogP contribution in [0, 0.1) is 0 Å². The molecule has 4 rings (SSSR count). The number of hydrogen-bond donors (Lipinski definition) is 1. The first-order valence-corrected chi connectivity index (χ1v) is 11.6. The Kier molecular flexibility index (Phi) is 6.02. The van der Waals surface area contributed by atoms with Gasteiger partial charge in [0, 0.05) is 37.6 Å².